The van der Waals surface area contributed by atoms with Gasteiger partial charge in [-0.1, -0.05) is 0 Å². The van der Waals surface area contributed by atoms with Gasteiger partial charge >= 0.3 is 0 Å². The number of rotatable bonds is 3. The normalized spacial score (nSPS) is 11.1. The lowest BCUT2D eigenvalue weighted by Crippen LogP contribution is -2.02. The van der Waals surface area contributed by atoms with Gasteiger partial charge in [-0.15, -0.1) is 0 Å². The molecular formula is C4H9NO2S. The van der Waals surface area contributed by atoms with Crippen LogP contribution in [0.4, 0.5) is 0 Å². The average molecular weight is 135 g/mol. The fraction of sp³-hybridized carbons (Fsp3) is 0.750. The van der Waals surface area contributed by atoms with Crippen molar-refractivity contribution in [3.05, 3.63) is 0 Å². The Morgan fingerprint density at radius 2 is 2.12 bits per heavy atom. The molecule has 0 aromatic heterocycles. The molecule has 0 rings (SSSR count). The summed E-state index contributed by atoms with van der Waals surface area (Å²) in [7, 11) is -2.84. The molecule has 8 heavy (non-hydrogen) atoms. The van der Waals surface area contributed by atoms with E-state index in [9.17, 15) is 8.42 Å². The van der Waals surface area contributed by atoms with Crippen LogP contribution in [0.2, 0.25) is 0 Å². The first-order chi connectivity index (χ1) is 3.56. The van der Waals surface area contributed by atoms with Crippen LogP contribution >= 0.6 is 0 Å². The van der Waals surface area contributed by atoms with Crippen LogP contribution in [0.3, 0.4) is 0 Å². The van der Waals surface area contributed by atoms with Crippen molar-refractivity contribution in [3.8, 4) is 0 Å². The predicted molar refractivity (Wildman–Crippen MR) is 33.1 cm³/mol. The van der Waals surface area contributed by atoms with E-state index in [4.69, 9.17) is 5.41 Å². The van der Waals surface area contributed by atoms with Gasteiger partial charge < -0.3 is 5.41 Å². The first kappa shape index (κ1) is 7.62. The van der Waals surface area contributed by atoms with E-state index in [1.54, 1.807) is 0 Å². The van der Waals surface area contributed by atoms with Crippen molar-refractivity contribution in [1.29, 1.82) is 5.41 Å². The summed E-state index contributed by atoms with van der Waals surface area (Å²) in [6.45, 7) is 0. The highest BCUT2D eigenvalue weighted by Gasteiger charge is 1.97. The van der Waals surface area contributed by atoms with Gasteiger partial charge in [0.25, 0.3) is 0 Å². The summed E-state index contributed by atoms with van der Waals surface area (Å²) in [6, 6.07) is 0. The zero-order chi connectivity index (χ0) is 6.62. The summed E-state index contributed by atoms with van der Waals surface area (Å²) in [5, 5.41) is 6.49. The Labute approximate surface area is 49.1 Å². The van der Waals surface area contributed by atoms with Crippen molar-refractivity contribution < 1.29 is 8.42 Å². The zero-order valence-electron chi connectivity index (χ0n) is 4.72. The largest absolute Gasteiger partial charge is 0.313 e. The van der Waals surface area contributed by atoms with Gasteiger partial charge in [0.15, 0.2) is 0 Å². The van der Waals surface area contributed by atoms with Gasteiger partial charge in [0.05, 0.1) is 5.75 Å². The Balaban J connectivity index is 3.57. The second-order valence-electron chi connectivity index (χ2n) is 1.62. The highest BCUT2D eigenvalue weighted by Crippen LogP contribution is 1.83. The van der Waals surface area contributed by atoms with Gasteiger partial charge in [-0.2, -0.15) is 0 Å². The van der Waals surface area contributed by atoms with Crippen LogP contribution in [-0.4, -0.2) is 26.6 Å². The average Bonchev–Trinajstić information content (AvgIpc) is 1.59. The van der Waals surface area contributed by atoms with Crippen LogP contribution in [0, 0.1) is 5.41 Å². The monoisotopic (exact) mass is 135 g/mol. The molecule has 4 heteroatoms. The van der Waals surface area contributed by atoms with E-state index in [0.29, 0.717) is 6.42 Å². The number of nitrogens with one attached hydrogen (secondary N) is 1. The van der Waals surface area contributed by atoms with E-state index < -0.39 is 9.84 Å². The minimum Gasteiger partial charge on any atom is -0.313 e. The summed E-state index contributed by atoms with van der Waals surface area (Å²) in [5.74, 6) is 0.0937. The zero-order valence-corrected chi connectivity index (χ0v) is 5.53. The minimum absolute atomic E-state index is 0.0937. The van der Waals surface area contributed by atoms with Crippen molar-refractivity contribution in [3.63, 3.8) is 0 Å². The summed E-state index contributed by atoms with van der Waals surface area (Å²) in [6.07, 6.45) is 2.59. The lowest BCUT2D eigenvalue weighted by atomic mass is 10.5. The summed E-state index contributed by atoms with van der Waals surface area (Å²) < 4.78 is 20.6. The second-order valence-corrected chi connectivity index (χ2v) is 3.88. The topological polar surface area (TPSA) is 58.0 Å². The quantitative estimate of drug-likeness (QED) is 0.557. The molecule has 0 aromatic rings. The van der Waals surface area contributed by atoms with E-state index in [1.807, 2.05) is 0 Å². The molecule has 0 radical (unpaired) electrons. The Bertz CT molecular complexity index is 159. The maximum absolute atomic E-state index is 10.3. The standard InChI is InChI=1S/C4H9NO2S/c1-8(6,7)4-2-3-5/h3,5H,2,4H2,1H3. The summed E-state index contributed by atoms with van der Waals surface area (Å²) in [4.78, 5) is 0. The third-order valence-electron chi connectivity index (χ3n) is 0.633. The molecule has 0 fully saturated rings. The molecule has 0 amide bonds. The molecule has 3 nitrogen and oxygen atoms in total. The molecule has 0 aliphatic heterocycles. The molecule has 0 aliphatic carbocycles. The lowest BCUT2D eigenvalue weighted by Gasteiger charge is -1.88. The van der Waals surface area contributed by atoms with Gasteiger partial charge in [-0.05, 0) is 12.6 Å². The van der Waals surface area contributed by atoms with Gasteiger partial charge in [0.2, 0.25) is 0 Å². The van der Waals surface area contributed by atoms with Crippen LogP contribution in [0.25, 0.3) is 0 Å². The van der Waals surface area contributed by atoms with Gasteiger partial charge in [-0.25, -0.2) is 8.42 Å². The van der Waals surface area contributed by atoms with Crippen LogP contribution < -0.4 is 0 Å². The third-order valence-corrected chi connectivity index (χ3v) is 1.61. The molecular weight excluding hydrogens is 126 g/mol. The highest BCUT2D eigenvalue weighted by atomic mass is 32.2. The highest BCUT2D eigenvalue weighted by molar-refractivity contribution is 7.90. The molecule has 0 aliphatic rings. The minimum atomic E-state index is -2.84. The van der Waals surface area contributed by atoms with E-state index in [-0.39, 0.29) is 5.75 Å². The van der Waals surface area contributed by atoms with E-state index in [2.05, 4.69) is 0 Å². The van der Waals surface area contributed by atoms with E-state index in [1.165, 1.54) is 0 Å². The molecule has 0 atom stereocenters. The Kier molecular flexibility index (Phi) is 2.68. The fourth-order valence-corrected chi connectivity index (χ4v) is 0.819. The number of sulfone groups is 1. The molecule has 0 aromatic carbocycles. The van der Waals surface area contributed by atoms with Crippen LogP contribution in [0.1, 0.15) is 6.42 Å². The van der Waals surface area contributed by atoms with Crippen LogP contribution in [-0.2, 0) is 9.84 Å². The SMILES string of the molecule is CS(=O)(=O)CCC=N. The molecule has 1 N–H and O–H groups in total. The predicted octanol–water partition coefficient (Wildman–Crippen LogP) is 0.0707. The first-order valence-corrected chi connectivity index (χ1v) is 4.29. The maximum atomic E-state index is 10.3. The molecule has 0 spiro atoms. The Hall–Kier alpha value is -0.380. The molecule has 48 valence electrons. The van der Waals surface area contributed by atoms with Gasteiger partial charge in [0.1, 0.15) is 9.84 Å². The maximum Gasteiger partial charge on any atom is 0.147 e. The lowest BCUT2D eigenvalue weighted by molar-refractivity contribution is 0.602. The van der Waals surface area contributed by atoms with Crippen molar-refractivity contribution in [2.75, 3.05) is 12.0 Å². The van der Waals surface area contributed by atoms with Gasteiger partial charge in [-0.3, -0.25) is 0 Å². The first-order valence-electron chi connectivity index (χ1n) is 2.23. The summed E-state index contributed by atoms with van der Waals surface area (Å²) in [5.41, 5.74) is 0. The smallest absolute Gasteiger partial charge is 0.147 e. The summed E-state index contributed by atoms with van der Waals surface area (Å²) >= 11 is 0. The number of hydrogen-bond acceptors (Lipinski definition) is 3. The van der Waals surface area contributed by atoms with Crippen molar-refractivity contribution in [1.82, 2.24) is 0 Å². The molecule has 0 saturated heterocycles. The Morgan fingerprint density at radius 1 is 1.62 bits per heavy atom. The second kappa shape index (κ2) is 2.81. The van der Waals surface area contributed by atoms with E-state index in [0.717, 1.165) is 12.5 Å². The Morgan fingerprint density at radius 3 is 2.25 bits per heavy atom. The van der Waals surface area contributed by atoms with Crippen LogP contribution in [0.15, 0.2) is 0 Å². The molecule has 0 bridgehead atoms. The van der Waals surface area contributed by atoms with Gasteiger partial charge in [0, 0.05) is 6.26 Å². The molecule has 0 unspecified atom stereocenters. The van der Waals surface area contributed by atoms with Crippen molar-refractivity contribution in [2.45, 2.75) is 6.42 Å². The molecule has 0 heterocycles. The van der Waals surface area contributed by atoms with Crippen molar-refractivity contribution in [2.24, 2.45) is 0 Å². The third kappa shape index (κ3) is 5.62. The van der Waals surface area contributed by atoms with Crippen molar-refractivity contribution >= 4 is 16.1 Å². The fourth-order valence-electron chi connectivity index (χ4n) is 0.273. The number of hydrogen-bond donors (Lipinski definition) is 1. The molecule has 0 saturated carbocycles. The van der Waals surface area contributed by atoms with E-state index >= 15 is 0 Å². The van der Waals surface area contributed by atoms with Crippen LogP contribution in [0.5, 0.6) is 0 Å².